The molecule has 3 N–H and O–H groups in total. The van der Waals surface area contributed by atoms with Crippen molar-refractivity contribution in [3.63, 3.8) is 0 Å². The number of urea groups is 1. The number of likely N-dealkylation sites (N-methyl/N-ethyl adjacent to an activating group) is 1. The third kappa shape index (κ3) is 4.81. The molecular weight excluding hydrogens is 226 g/mol. The highest BCUT2D eigenvalue weighted by molar-refractivity contribution is 5.97. The Morgan fingerprint density at radius 2 is 1.76 bits per heavy atom. The molecule has 17 heavy (non-hydrogen) atoms. The van der Waals surface area contributed by atoms with Crippen molar-refractivity contribution in [3.05, 3.63) is 0 Å². The van der Waals surface area contributed by atoms with E-state index in [-0.39, 0.29) is 0 Å². The number of carbonyl (C=O) groups excluding carboxylic acids is 2. The van der Waals surface area contributed by atoms with E-state index in [4.69, 9.17) is 5.11 Å². The Hall–Kier alpha value is -1.63. The molecule has 0 spiro atoms. The van der Waals surface area contributed by atoms with E-state index >= 15 is 0 Å². The van der Waals surface area contributed by atoms with Gasteiger partial charge in [-0.25, -0.2) is 4.79 Å². The van der Waals surface area contributed by atoms with Crippen LogP contribution in [0.5, 0.6) is 0 Å². The number of imide groups is 1. The van der Waals surface area contributed by atoms with Crippen molar-refractivity contribution >= 4 is 17.9 Å². The summed E-state index contributed by atoms with van der Waals surface area (Å²) in [6.07, 6.45) is 0. The molecule has 7 nitrogen and oxygen atoms in total. The fourth-order valence-corrected chi connectivity index (χ4v) is 1.12. The minimum atomic E-state index is -1.02. The van der Waals surface area contributed by atoms with E-state index in [2.05, 4.69) is 10.6 Å². The molecular formula is C10H19N3O4. The van der Waals surface area contributed by atoms with Gasteiger partial charge in [-0.15, -0.1) is 0 Å². The summed E-state index contributed by atoms with van der Waals surface area (Å²) >= 11 is 0. The van der Waals surface area contributed by atoms with E-state index in [1.807, 2.05) is 0 Å². The highest BCUT2D eigenvalue weighted by atomic mass is 16.4. The normalized spacial score (nSPS) is 13.9. The highest BCUT2D eigenvalue weighted by Crippen LogP contribution is 2.02. The van der Waals surface area contributed by atoms with Crippen molar-refractivity contribution < 1.29 is 19.5 Å². The summed E-state index contributed by atoms with van der Waals surface area (Å²) in [5.74, 6) is -1.56. The Balaban J connectivity index is 4.39. The Bertz CT molecular complexity index is 306. The molecule has 0 rings (SSSR count). The zero-order valence-corrected chi connectivity index (χ0v) is 10.5. The van der Waals surface area contributed by atoms with E-state index in [0.29, 0.717) is 6.54 Å². The molecule has 0 aliphatic rings. The van der Waals surface area contributed by atoms with Crippen molar-refractivity contribution in [2.75, 3.05) is 13.6 Å². The van der Waals surface area contributed by atoms with Crippen LogP contribution in [0.3, 0.4) is 0 Å². The first-order valence-electron chi connectivity index (χ1n) is 5.34. The summed E-state index contributed by atoms with van der Waals surface area (Å²) in [5.41, 5.74) is 0. The summed E-state index contributed by atoms with van der Waals surface area (Å²) in [5, 5.41) is 13.3. The van der Waals surface area contributed by atoms with Crippen molar-refractivity contribution in [2.45, 2.75) is 32.9 Å². The molecule has 0 aromatic heterocycles. The van der Waals surface area contributed by atoms with Gasteiger partial charge in [0.05, 0.1) is 6.04 Å². The highest BCUT2D eigenvalue weighted by Gasteiger charge is 2.26. The lowest BCUT2D eigenvalue weighted by Gasteiger charge is -2.26. The molecule has 0 fully saturated rings. The van der Waals surface area contributed by atoms with Crippen LogP contribution in [0.25, 0.3) is 0 Å². The summed E-state index contributed by atoms with van der Waals surface area (Å²) in [4.78, 5) is 34.8. The molecule has 0 aromatic rings. The molecule has 0 saturated heterocycles. The smallest absolute Gasteiger partial charge is 0.321 e. The van der Waals surface area contributed by atoms with Crippen molar-refractivity contribution in [2.24, 2.45) is 0 Å². The van der Waals surface area contributed by atoms with Gasteiger partial charge in [-0.1, -0.05) is 0 Å². The number of carbonyl (C=O) groups is 3. The van der Waals surface area contributed by atoms with Gasteiger partial charge in [0, 0.05) is 6.54 Å². The van der Waals surface area contributed by atoms with Gasteiger partial charge in [0.15, 0.2) is 0 Å². The molecule has 0 bridgehead atoms. The van der Waals surface area contributed by atoms with E-state index in [1.54, 1.807) is 6.92 Å². The van der Waals surface area contributed by atoms with Crippen molar-refractivity contribution in [1.82, 2.24) is 15.5 Å². The van der Waals surface area contributed by atoms with Gasteiger partial charge in [-0.2, -0.15) is 0 Å². The molecule has 0 saturated carbocycles. The molecule has 2 atom stereocenters. The molecule has 0 aliphatic heterocycles. The quantitative estimate of drug-likeness (QED) is 0.613. The fourth-order valence-electron chi connectivity index (χ4n) is 1.12. The lowest BCUT2D eigenvalue weighted by Crippen LogP contribution is -2.52. The minimum Gasteiger partial charge on any atom is -0.480 e. The fraction of sp³-hybridized carbons (Fsp3) is 0.700. The Morgan fingerprint density at radius 1 is 1.24 bits per heavy atom. The zero-order chi connectivity index (χ0) is 13.6. The second-order valence-corrected chi connectivity index (χ2v) is 3.70. The summed E-state index contributed by atoms with van der Waals surface area (Å²) < 4.78 is 0. The second-order valence-electron chi connectivity index (χ2n) is 3.70. The molecule has 0 radical (unpaired) electrons. The first kappa shape index (κ1) is 15.4. The van der Waals surface area contributed by atoms with Gasteiger partial charge in [0.25, 0.3) is 0 Å². The molecule has 2 unspecified atom stereocenters. The number of amides is 3. The van der Waals surface area contributed by atoms with E-state index in [1.165, 1.54) is 25.8 Å². The number of hydrogen-bond acceptors (Lipinski definition) is 4. The summed E-state index contributed by atoms with van der Waals surface area (Å²) in [7, 11) is 1.51. The molecule has 3 amide bonds. The zero-order valence-electron chi connectivity index (χ0n) is 10.5. The molecule has 0 aromatic carbocycles. The largest absolute Gasteiger partial charge is 0.480 e. The predicted molar refractivity (Wildman–Crippen MR) is 61.5 cm³/mol. The maximum Gasteiger partial charge on any atom is 0.321 e. The third-order valence-corrected chi connectivity index (χ3v) is 2.53. The lowest BCUT2D eigenvalue weighted by atomic mass is 10.2. The monoisotopic (exact) mass is 245 g/mol. The first-order valence-corrected chi connectivity index (χ1v) is 5.34. The molecule has 0 aliphatic carbocycles. The van der Waals surface area contributed by atoms with Crippen LogP contribution in [-0.2, 0) is 9.59 Å². The molecule has 7 heteroatoms. The molecule has 98 valence electrons. The number of aliphatic carboxylic acids is 1. The third-order valence-electron chi connectivity index (χ3n) is 2.53. The maximum absolute atomic E-state index is 11.6. The number of carboxylic acids is 1. The van der Waals surface area contributed by atoms with Crippen LogP contribution >= 0.6 is 0 Å². The van der Waals surface area contributed by atoms with Gasteiger partial charge in [0.1, 0.15) is 6.04 Å². The van der Waals surface area contributed by atoms with Crippen LogP contribution in [0, 0.1) is 0 Å². The SMILES string of the molecule is CCNC(=O)NC(=O)C(C)N(C)C(C)C(=O)O. The predicted octanol–water partition coefficient (Wildman–Crippen LogP) is -0.374. The standard InChI is InChI=1S/C10H19N3O4/c1-5-11-10(17)12-8(14)6(2)13(4)7(3)9(15)16/h6-7H,5H2,1-4H3,(H,15,16)(H2,11,12,14,17). The number of rotatable bonds is 5. The summed E-state index contributed by atoms with van der Waals surface area (Å²) in [6, 6.07) is -2.09. The Labute approximate surface area is 100 Å². The van der Waals surface area contributed by atoms with Gasteiger partial charge in [-0.3, -0.25) is 19.8 Å². The van der Waals surface area contributed by atoms with Gasteiger partial charge < -0.3 is 10.4 Å². The van der Waals surface area contributed by atoms with Crippen LogP contribution in [0.2, 0.25) is 0 Å². The van der Waals surface area contributed by atoms with Crippen molar-refractivity contribution in [1.29, 1.82) is 0 Å². The van der Waals surface area contributed by atoms with Crippen LogP contribution in [0.1, 0.15) is 20.8 Å². The van der Waals surface area contributed by atoms with Crippen LogP contribution < -0.4 is 10.6 Å². The number of nitrogens with zero attached hydrogens (tertiary/aromatic N) is 1. The van der Waals surface area contributed by atoms with Gasteiger partial charge >= 0.3 is 12.0 Å². The van der Waals surface area contributed by atoms with Gasteiger partial charge in [0.2, 0.25) is 5.91 Å². The van der Waals surface area contributed by atoms with E-state index in [0.717, 1.165) is 0 Å². The van der Waals surface area contributed by atoms with Crippen LogP contribution in [0.15, 0.2) is 0 Å². The average Bonchev–Trinajstić information content (AvgIpc) is 2.25. The number of nitrogens with one attached hydrogen (secondary N) is 2. The van der Waals surface area contributed by atoms with Gasteiger partial charge in [-0.05, 0) is 27.8 Å². The van der Waals surface area contributed by atoms with E-state index in [9.17, 15) is 14.4 Å². The second kappa shape index (κ2) is 6.85. The van der Waals surface area contributed by atoms with Crippen LogP contribution in [0.4, 0.5) is 4.79 Å². The lowest BCUT2D eigenvalue weighted by molar-refractivity contribution is -0.143. The maximum atomic E-state index is 11.6. The average molecular weight is 245 g/mol. The Morgan fingerprint density at radius 3 is 2.18 bits per heavy atom. The Kier molecular flexibility index (Phi) is 6.19. The first-order chi connectivity index (χ1) is 7.81. The molecule has 0 heterocycles. The number of hydrogen-bond donors (Lipinski definition) is 3. The van der Waals surface area contributed by atoms with E-state index < -0.39 is 30.0 Å². The van der Waals surface area contributed by atoms with Crippen LogP contribution in [-0.4, -0.2) is 53.6 Å². The number of carboxylic acid groups (broad SMARTS) is 1. The minimum absolute atomic E-state index is 0.412. The van der Waals surface area contributed by atoms with Crippen molar-refractivity contribution in [3.8, 4) is 0 Å². The summed E-state index contributed by atoms with van der Waals surface area (Å²) in [6.45, 7) is 5.15. The topological polar surface area (TPSA) is 98.7 Å².